The first-order chi connectivity index (χ1) is 8.77. The molecule has 1 aliphatic heterocycles. The number of para-hydroxylation sites is 1. The van der Waals surface area contributed by atoms with Crippen molar-refractivity contribution in [3.8, 4) is 5.75 Å². The number of ether oxygens (including phenoxy) is 2. The summed E-state index contributed by atoms with van der Waals surface area (Å²) in [6.45, 7) is 4.58. The molecule has 3 nitrogen and oxygen atoms in total. The number of nitrogens with one attached hydrogen (secondary N) is 1. The summed E-state index contributed by atoms with van der Waals surface area (Å²) >= 11 is 3.47. The van der Waals surface area contributed by atoms with Crippen molar-refractivity contribution in [2.45, 2.75) is 31.9 Å². The van der Waals surface area contributed by atoms with Crippen molar-refractivity contribution in [3.05, 3.63) is 28.7 Å². The zero-order chi connectivity index (χ0) is 12.8. The predicted octanol–water partition coefficient (Wildman–Crippen LogP) is 2.99. The van der Waals surface area contributed by atoms with Gasteiger partial charge in [-0.1, -0.05) is 12.1 Å². The minimum Gasteiger partial charge on any atom is -0.491 e. The largest absolute Gasteiger partial charge is 0.491 e. The van der Waals surface area contributed by atoms with Crippen molar-refractivity contribution < 1.29 is 9.47 Å². The Hall–Kier alpha value is -0.580. The maximum atomic E-state index is 5.70. The summed E-state index contributed by atoms with van der Waals surface area (Å²) in [6, 6.07) is 8.30. The molecule has 18 heavy (non-hydrogen) atoms. The molecule has 1 heterocycles. The van der Waals surface area contributed by atoms with E-state index in [2.05, 4.69) is 28.2 Å². The molecule has 1 saturated heterocycles. The molecule has 0 amide bonds. The quantitative estimate of drug-likeness (QED) is 0.819. The van der Waals surface area contributed by atoms with Crippen LogP contribution in [0.25, 0.3) is 0 Å². The third-order valence-corrected chi connectivity index (χ3v) is 3.84. The Balaban J connectivity index is 1.65. The maximum Gasteiger partial charge on any atom is 0.133 e. The zero-order valence-electron chi connectivity index (χ0n) is 10.7. The van der Waals surface area contributed by atoms with E-state index in [1.165, 1.54) is 12.8 Å². The highest BCUT2D eigenvalue weighted by molar-refractivity contribution is 9.10. The second-order valence-corrected chi connectivity index (χ2v) is 5.43. The predicted molar refractivity (Wildman–Crippen MR) is 76.1 cm³/mol. The van der Waals surface area contributed by atoms with E-state index in [-0.39, 0.29) is 0 Å². The van der Waals surface area contributed by atoms with Gasteiger partial charge in [0, 0.05) is 19.2 Å². The molecule has 2 rings (SSSR count). The van der Waals surface area contributed by atoms with Gasteiger partial charge in [0.2, 0.25) is 0 Å². The van der Waals surface area contributed by atoms with Gasteiger partial charge in [0.25, 0.3) is 0 Å². The van der Waals surface area contributed by atoms with Gasteiger partial charge in [0.1, 0.15) is 12.4 Å². The molecule has 0 aromatic heterocycles. The zero-order valence-corrected chi connectivity index (χ0v) is 12.3. The fourth-order valence-corrected chi connectivity index (χ4v) is 2.54. The smallest absolute Gasteiger partial charge is 0.133 e. The summed E-state index contributed by atoms with van der Waals surface area (Å²) in [6.07, 6.45) is 2.72. The van der Waals surface area contributed by atoms with Crippen LogP contribution in [0.2, 0.25) is 0 Å². The van der Waals surface area contributed by atoms with E-state index < -0.39 is 0 Å². The second-order valence-electron chi connectivity index (χ2n) is 4.57. The van der Waals surface area contributed by atoms with Crippen LogP contribution in [0.4, 0.5) is 0 Å². The monoisotopic (exact) mass is 313 g/mol. The second kappa shape index (κ2) is 7.12. The van der Waals surface area contributed by atoms with Crippen molar-refractivity contribution in [2.75, 3.05) is 19.8 Å². The topological polar surface area (TPSA) is 30.5 Å². The average Bonchev–Trinajstić information content (AvgIpc) is 2.90. The molecule has 1 fully saturated rings. The van der Waals surface area contributed by atoms with Crippen LogP contribution in [0.15, 0.2) is 28.7 Å². The minimum atomic E-state index is 0.369. The lowest BCUT2D eigenvalue weighted by molar-refractivity contribution is 0.0824. The first kappa shape index (κ1) is 13.8. The molecule has 4 heteroatoms. The van der Waals surface area contributed by atoms with Crippen molar-refractivity contribution in [2.24, 2.45) is 0 Å². The van der Waals surface area contributed by atoms with Gasteiger partial charge in [0.15, 0.2) is 0 Å². The molecule has 1 aromatic rings. The van der Waals surface area contributed by atoms with Crippen LogP contribution in [-0.2, 0) is 4.74 Å². The first-order valence-corrected chi connectivity index (χ1v) is 7.29. The van der Waals surface area contributed by atoms with Gasteiger partial charge in [-0.25, -0.2) is 0 Å². The van der Waals surface area contributed by atoms with Crippen molar-refractivity contribution in [1.29, 1.82) is 0 Å². The lowest BCUT2D eigenvalue weighted by atomic mass is 10.1. The Labute approximate surface area is 117 Å². The summed E-state index contributed by atoms with van der Waals surface area (Å²) in [5, 5.41) is 3.45. The SMILES string of the molecule is CC(NCCOc1ccccc1Br)C1CCCO1. The van der Waals surface area contributed by atoms with E-state index in [4.69, 9.17) is 9.47 Å². The molecule has 100 valence electrons. The Kier molecular flexibility index (Phi) is 5.47. The van der Waals surface area contributed by atoms with E-state index in [9.17, 15) is 0 Å². The van der Waals surface area contributed by atoms with Crippen LogP contribution in [0, 0.1) is 0 Å². The van der Waals surface area contributed by atoms with Crippen LogP contribution >= 0.6 is 15.9 Å². The third kappa shape index (κ3) is 3.97. The van der Waals surface area contributed by atoms with Crippen molar-refractivity contribution in [1.82, 2.24) is 5.32 Å². The van der Waals surface area contributed by atoms with E-state index >= 15 is 0 Å². The molecule has 0 saturated carbocycles. The standard InChI is InChI=1S/C14H20BrNO2/c1-11(13-7-4-9-17-13)16-8-10-18-14-6-3-2-5-12(14)15/h2-3,5-6,11,13,16H,4,7-10H2,1H3. The highest BCUT2D eigenvalue weighted by Gasteiger charge is 2.21. The summed E-state index contributed by atoms with van der Waals surface area (Å²) < 4.78 is 12.3. The fraction of sp³-hybridized carbons (Fsp3) is 0.571. The lowest BCUT2D eigenvalue weighted by Crippen LogP contribution is -2.39. The molecule has 0 bridgehead atoms. The molecule has 1 N–H and O–H groups in total. The molecule has 0 spiro atoms. The molecule has 1 aromatic carbocycles. The number of halogens is 1. The molecule has 0 radical (unpaired) electrons. The van der Waals surface area contributed by atoms with Gasteiger partial charge in [-0.3, -0.25) is 0 Å². The van der Waals surface area contributed by atoms with Crippen LogP contribution in [0.1, 0.15) is 19.8 Å². The molecular weight excluding hydrogens is 294 g/mol. The normalized spacial score (nSPS) is 20.9. The van der Waals surface area contributed by atoms with E-state index in [0.29, 0.717) is 18.8 Å². The number of benzene rings is 1. The average molecular weight is 314 g/mol. The molecule has 2 unspecified atom stereocenters. The molecule has 1 aliphatic rings. The van der Waals surface area contributed by atoms with E-state index in [0.717, 1.165) is 23.4 Å². The summed E-state index contributed by atoms with van der Waals surface area (Å²) in [4.78, 5) is 0. The minimum absolute atomic E-state index is 0.369. The Bertz CT molecular complexity index is 367. The van der Waals surface area contributed by atoms with Crippen LogP contribution < -0.4 is 10.1 Å². The molecule has 0 aliphatic carbocycles. The van der Waals surface area contributed by atoms with Gasteiger partial charge in [0.05, 0.1) is 10.6 Å². The highest BCUT2D eigenvalue weighted by atomic mass is 79.9. The Morgan fingerprint density at radius 3 is 3.06 bits per heavy atom. The van der Waals surface area contributed by atoms with E-state index in [1.807, 2.05) is 24.3 Å². The third-order valence-electron chi connectivity index (χ3n) is 3.19. The van der Waals surface area contributed by atoms with Crippen LogP contribution in [0.5, 0.6) is 5.75 Å². The molecular formula is C14H20BrNO2. The Morgan fingerprint density at radius 2 is 2.33 bits per heavy atom. The lowest BCUT2D eigenvalue weighted by Gasteiger charge is -2.20. The van der Waals surface area contributed by atoms with Gasteiger partial charge in [-0.15, -0.1) is 0 Å². The Morgan fingerprint density at radius 1 is 1.50 bits per heavy atom. The summed E-state index contributed by atoms with van der Waals surface area (Å²) in [7, 11) is 0. The van der Waals surface area contributed by atoms with Gasteiger partial charge >= 0.3 is 0 Å². The fourth-order valence-electron chi connectivity index (χ4n) is 2.14. The molecule has 2 atom stereocenters. The van der Waals surface area contributed by atoms with Gasteiger partial charge < -0.3 is 14.8 Å². The highest BCUT2D eigenvalue weighted by Crippen LogP contribution is 2.23. The number of hydrogen-bond acceptors (Lipinski definition) is 3. The van der Waals surface area contributed by atoms with Crippen molar-refractivity contribution >= 4 is 15.9 Å². The maximum absolute atomic E-state index is 5.70. The summed E-state index contributed by atoms with van der Waals surface area (Å²) in [5.41, 5.74) is 0. The van der Waals surface area contributed by atoms with Crippen molar-refractivity contribution in [3.63, 3.8) is 0 Å². The van der Waals surface area contributed by atoms with Gasteiger partial charge in [-0.2, -0.15) is 0 Å². The van der Waals surface area contributed by atoms with Crippen LogP contribution in [-0.4, -0.2) is 31.9 Å². The van der Waals surface area contributed by atoms with Gasteiger partial charge in [-0.05, 0) is 47.8 Å². The number of hydrogen-bond donors (Lipinski definition) is 1. The number of rotatable bonds is 6. The van der Waals surface area contributed by atoms with Crippen LogP contribution in [0.3, 0.4) is 0 Å². The summed E-state index contributed by atoms with van der Waals surface area (Å²) in [5.74, 6) is 0.893. The van der Waals surface area contributed by atoms with E-state index in [1.54, 1.807) is 0 Å². The first-order valence-electron chi connectivity index (χ1n) is 6.49.